The second-order valence-electron chi connectivity index (χ2n) is 6.38. The van der Waals surface area contributed by atoms with Crippen LogP contribution in [0.4, 0.5) is 4.79 Å². The number of rotatable bonds is 6. The Kier molecular flexibility index (Phi) is 5.63. The highest BCUT2D eigenvalue weighted by atomic mass is 16.3. The quantitative estimate of drug-likeness (QED) is 0.700. The maximum absolute atomic E-state index is 12.0. The number of hydrogen-bond acceptors (Lipinski definition) is 4. The van der Waals surface area contributed by atoms with Crippen molar-refractivity contribution in [2.75, 3.05) is 13.2 Å². The largest absolute Gasteiger partial charge is 0.396 e. The van der Waals surface area contributed by atoms with Crippen molar-refractivity contribution in [3.8, 4) is 0 Å². The highest BCUT2D eigenvalue weighted by Gasteiger charge is 2.25. The van der Waals surface area contributed by atoms with Gasteiger partial charge < -0.3 is 15.7 Å². The van der Waals surface area contributed by atoms with E-state index in [-0.39, 0.29) is 24.6 Å². The van der Waals surface area contributed by atoms with E-state index in [2.05, 4.69) is 20.8 Å². The van der Waals surface area contributed by atoms with Crippen molar-refractivity contribution >= 4 is 11.7 Å². The summed E-state index contributed by atoms with van der Waals surface area (Å²) in [6.45, 7) is 0.731. The van der Waals surface area contributed by atoms with Crippen LogP contribution in [0, 0.1) is 5.92 Å². The molecule has 7 heteroatoms. The summed E-state index contributed by atoms with van der Waals surface area (Å²) >= 11 is 0. The second kappa shape index (κ2) is 8.10. The SMILES string of the molecule is O=C(NCCCc1nnc2ccccn12)NC1CCCCC1CO. The van der Waals surface area contributed by atoms with E-state index in [1.165, 1.54) is 0 Å². The molecule has 0 aliphatic heterocycles. The molecule has 3 rings (SSSR count). The van der Waals surface area contributed by atoms with Gasteiger partial charge >= 0.3 is 6.03 Å². The van der Waals surface area contributed by atoms with Crippen LogP contribution in [0.3, 0.4) is 0 Å². The fourth-order valence-electron chi connectivity index (χ4n) is 3.35. The molecule has 7 nitrogen and oxygen atoms in total. The van der Waals surface area contributed by atoms with Gasteiger partial charge in [0.15, 0.2) is 5.65 Å². The Morgan fingerprint density at radius 2 is 2.17 bits per heavy atom. The highest BCUT2D eigenvalue weighted by molar-refractivity contribution is 5.74. The van der Waals surface area contributed by atoms with Crippen molar-refractivity contribution in [1.29, 1.82) is 0 Å². The lowest BCUT2D eigenvalue weighted by Gasteiger charge is -2.30. The molecule has 0 bridgehead atoms. The van der Waals surface area contributed by atoms with Crippen molar-refractivity contribution in [2.24, 2.45) is 5.92 Å². The number of nitrogens with zero attached hydrogens (tertiary/aromatic N) is 3. The molecule has 2 atom stereocenters. The van der Waals surface area contributed by atoms with E-state index in [1.807, 2.05) is 28.8 Å². The summed E-state index contributed by atoms with van der Waals surface area (Å²) in [7, 11) is 0. The number of pyridine rings is 1. The summed E-state index contributed by atoms with van der Waals surface area (Å²) in [6, 6.07) is 5.75. The molecule has 0 radical (unpaired) electrons. The van der Waals surface area contributed by atoms with E-state index in [0.29, 0.717) is 6.54 Å². The number of aliphatic hydroxyl groups excluding tert-OH is 1. The number of fused-ring (bicyclic) bond motifs is 1. The number of aryl methyl sites for hydroxylation is 1. The molecule has 3 N–H and O–H groups in total. The minimum atomic E-state index is -0.147. The van der Waals surface area contributed by atoms with Crippen LogP contribution >= 0.6 is 0 Å². The van der Waals surface area contributed by atoms with Gasteiger partial charge in [0.05, 0.1) is 0 Å². The molecule has 2 aromatic rings. The van der Waals surface area contributed by atoms with E-state index < -0.39 is 0 Å². The Morgan fingerprint density at radius 1 is 1.29 bits per heavy atom. The van der Waals surface area contributed by atoms with Crippen LogP contribution in [0.1, 0.15) is 37.9 Å². The van der Waals surface area contributed by atoms with Crippen molar-refractivity contribution in [1.82, 2.24) is 25.2 Å². The van der Waals surface area contributed by atoms with Crippen molar-refractivity contribution in [3.63, 3.8) is 0 Å². The molecule has 0 saturated heterocycles. The minimum absolute atomic E-state index is 0.0872. The van der Waals surface area contributed by atoms with Gasteiger partial charge in [-0.2, -0.15) is 0 Å². The summed E-state index contributed by atoms with van der Waals surface area (Å²) in [5, 5.41) is 23.6. The van der Waals surface area contributed by atoms with Crippen LogP contribution in [-0.2, 0) is 6.42 Å². The smallest absolute Gasteiger partial charge is 0.315 e. The summed E-state index contributed by atoms with van der Waals surface area (Å²) in [5.74, 6) is 1.09. The Morgan fingerprint density at radius 3 is 3.04 bits per heavy atom. The molecule has 2 heterocycles. The van der Waals surface area contributed by atoms with Crippen LogP contribution in [-0.4, -0.2) is 44.9 Å². The summed E-state index contributed by atoms with van der Waals surface area (Å²) < 4.78 is 1.97. The zero-order valence-electron chi connectivity index (χ0n) is 13.8. The van der Waals surface area contributed by atoms with Crippen LogP contribution in [0.15, 0.2) is 24.4 Å². The number of nitrogens with one attached hydrogen (secondary N) is 2. The Bertz CT molecular complexity index is 672. The lowest BCUT2D eigenvalue weighted by atomic mass is 9.85. The van der Waals surface area contributed by atoms with E-state index in [9.17, 15) is 9.90 Å². The third-order valence-corrected chi connectivity index (χ3v) is 4.71. The Hall–Kier alpha value is -2.15. The third-order valence-electron chi connectivity index (χ3n) is 4.71. The molecular weight excluding hydrogens is 306 g/mol. The van der Waals surface area contributed by atoms with E-state index in [1.54, 1.807) is 0 Å². The molecule has 1 aliphatic carbocycles. The number of urea groups is 1. The average Bonchev–Trinajstić information content (AvgIpc) is 3.02. The normalized spacial score (nSPS) is 20.9. The molecule has 2 amide bonds. The molecule has 0 spiro atoms. The molecule has 1 saturated carbocycles. The number of hydrogen-bond donors (Lipinski definition) is 3. The van der Waals surface area contributed by atoms with Gasteiger partial charge in [-0.3, -0.25) is 4.40 Å². The number of aromatic nitrogens is 3. The average molecular weight is 331 g/mol. The van der Waals surface area contributed by atoms with Crippen molar-refractivity contribution in [3.05, 3.63) is 30.2 Å². The van der Waals surface area contributed by atoms with Crippen LogP contribution < -0.4 is 10.6 Å². The fourth-order valence-corrected chi connectivity index (χ4v) is 3.35. The molecule has 0 aromatic carbocycles. The van der Waals surface area contributed by atoms with Gasteiger partial charge in [-0.15, -0.1) is 10.2 Å². The van der Waals surface area contributed by atoms with Gasteiger partial charge in [-0.1, -0.05) is 18.9 Å². The number of amides is 2. The lowest BCUT2D eigenvalue weighted by Crippen LogP contribution is -2.47. The summed E-state index contributed by atoms with van der Waals surface area (Å²) in [5.41, 5.74) is 0.838. The zero-order valence-corrected chi connectivity index (χ0v) is 13.8. The Balaban J connectivity index is 1.40. The van der Waals surface area contributed by atoms with Crippen LogP contribution in [0.2, 0.25) is 0 Å². The van der Waals surface area contributed by atoms with E-state index >= 15 is 0 Å². The maximum atomic E-state index is 12.0. The molecule has 2 aromatic heterocycles. The third kappa shape index (κ3) is 4.03. The topological polar surface area (TPSA) is 91.6 Å². The second-order valence-corrected chi connectivity index (χ2v) is 6.38. The first-order valence-corrected chi connectivity index (χ1v) is 8.72. The van der Waals surface area contributed by atoms with Crippen LogP contribution in [0.25, 0.3) is 5.65 Å². The highest BCUT2D eigenvalue weighted by Crippen LogP contribution is 2.23. The monoisotopic (exact) mass is 331 g/mol. The van der Waals surface area contributed by atoms with E-state index in [0.717, 1.165) is 50.0 Å². The molecule has 2 unspecified atom stereocenters. The van der Waals surface area contributed by atoms with Gasteiger partial charge in [0, 0.05) is 37.7 Å². The minimum Gasteiger partial charge on any atom is -0.396 e. The van der Waals surface area contributed by atoms with Gasteiger partial charge in [-0.25, -0.2) is 4.79 Å². The summed E-state index contributed by atoms with van der Waals surface area (Å²) in [4.78, 5) is 12.0. The molecule has 1 fully saturated rings. The van der Waals surface area contributed by atoms with Gasteiger partial charge in [0.2, 0.25) is 0 Å². The lowest BCUT2D eigenvalue weighted by molar-refractivity contribution is 0.153. The van der Waals surface area contributed by atoms with Crippen molar-refractivity contribution in [2.45, 2.75) is 44.6 Å². The van der Waals surface area contributed by atoms with Gasteiger partial charge in [-0.05, 0) is 31.4 Å². The number of aliphatic hydroxyl groups is 1. The fraction of sp³-hybridized carbons (Fsp3) is 0.588. The summed E-state index contributed by atoms with van der Waals surface area (Å²) in [6.07, 6.45) is 7.69. The zero-order chi connectivity index (χ0) is 16.8. The molecule has 24 heavy (non-hydrogen) atoms. The first-order chi connectivity index (χ1) is 11.8. The number of carbonyl (C=O) groups is 1. The molecular formula is C17H25N5O2. The molecule has 1 aliphatic rings. The number of carbonyl (C=O) groups excluding carboxylic acids is 1. The van der Waals surface area contributed by atoms with E-state index in [4.69, 9.17) is 0 Å². The van der Waals surface area contributed by atoms with Crippen molar-refractivity contribution < 1.29 is 9.90 Å². The first kappa shape index (κ1) is 16.7. The predicted molar refractivity (Wildman–Crippen MR) is 90.7 cm³/mol. The molecule has 130 valence electrons. The maximum Gasteiger partial charge on any atom is 0.315 e. The standard InChI is InChI=1S/C17H25N5O2/c23-12-13-6-1-2-7-14(13)19-17(24)18-10-5-9-16-21-20-15-8-3-4-11-22(15)16/h3-4,8,11,13-14,23H,1-2,5-7,9-10,12H2,(H2,18,19,24). The first-order valence-electron chi connectivity index (χ1n) is 8.72. The van der Waals surface area contributed by atoms with Gasteiger partial charge in [0.25, 0.3) is 0 Å². The van der Waals surface area contributed by atoms with Gasteiger partial charge in [0.1, 0.15) is 5.82 Å². The van der Waals surface area contributed by atoms with Crippen LogP contribution in [0.5, 0.6) is 0 Å². The predicted octanol–water partition coefficient (Wildman–Crippen LogP) is 1.51. The Labute approximate surface area is 141 Å².